The van der Waals surface area contributed by atoms with Gasteiger partial charge in [0.05, 0.1) is 20.1 Å². The van der Waals surface area contributed by atoms with E-state index >= 15 is 0 Å². The van der Waals surface area contributed by atoms with Crippen LogP contribution in [0.4, 0.5) is 0 Å². The minimum Gasteiger partial charge on any atom is -0.493 e. The number of carboxylic acid groups (broad SMARTS) is 1. The smallest absolute Gasteiger partial charge is 0.311 e. The molecule has 0 aliphatic rings. The van der Waals surface area contributed by atoms with Gasteiger partial charge in [-0.05, 0) is 42.8 Å². The summed E-state index contributed by atoms with van der Waals surface area (Å²) >= 11 is 1.48. The summed E-state index contributed by atoms with van der Waals surface area (Å²) in [6, 6.07) is 9.45. The minimum absolute atomic E-state index is 0.492. The number of ether oxygens (including phenoxy) is 2. The highest BCUT2D eigenvalue weighted by molar-refractivity contribution is 7.15. The van der Waals surface area contributed by atoms with E-state index in [0.717, 1.165) is 15.3 Å². The topological polar surface area (TPSA) is 55.8 Å². The zero-order valence-corrected chi connectivity index (χ0v) is 12.4. The molecule has 1 atom stereocenters. The number of methoxy groups -OCH3 is 2. The van der Waals surface area contributed by atoms with Gasteiger partial charge < -0.3 is 14.6 Å². The molecular weight excluding hydrogens is 276 g/mol. The first-order valence-corrected chi connectivity index (χ1v) is 6.93. The summed E-state index contributed by atoms with van der Waals surface area (Å²) in [5.74, 6) is 0.0257. The molecular formula is C15H16O4S. The lowest BCUT2D eigenvalue weighted by atomic mass is 10.1. The Kier molecular flexibility index (Phi) is 4.29. The monoisotopic (exact) mass is 292 g/mol. The van der Waals surface area contributed by atoms with E-state index in [2.05, 4.69) is 0 Å². The Bertz CT molecular complexity index is 618. The fraction of sp³-hybridized carbons (Fsp3) is 0.267. The summed E-state index contributed by atoms with van der Waals surface area (Å²) in [4.78, 5) is 12.8. The highest BCUT2D eigenvalue weighted by Gasteiger charge is 2.16. The van der Waals surface area contributed by atoms with E-state index in [-0.39, 0.29) is 0 Å². The maximum absolute atomic E-state index is 11.0. The highest BCUT2D eigenvalue weighted by Crippen LogP contribution is 2.37. The second-order valence-electron chi connectivity index (χ2n) is 4.33. The Morgan fingerprint density at radius 2 is 1.85 bits per heavy atom. The van der Waals surface area contributed by atoms with Gasteiger partial charge in [-0.1, -0.05) is 0 Å². The third-order valence-corrected chi connectivity index (χ3v) is 4.41. The van der Waals surface area contributed by atoms with E-state index < -0.39 is 11.9 Å². The number of thiophene rings is 1. The molecule has 4 nitrogen and oxygen atoms in total. The summed E-state index contributed by atoms with van der Waals surface area (Å²) in [7, 11) is 3.18. The van der Waals surface area contributed by atoms with Gasteiger partial charge in [-0.3, -0.25) is 4.79 Å². The van der Waals surface area contributed by atoms with Crippen LogP contribution < -0.4 is 9.47 Å². The van der Waals surface area contributed by atoms with Crippen LogP contribution in [-0.2, 0) is 4.79 Å². The Labute approximate surface area is 121 Å². The quantitative estimate of drug-likeness (QED) is 0.914. The van der Waals surface area contributed by atoms with Crippen LogP contribution in [0.1, 0.15) is 17.7 Å². The average molecular weight is 292 g/mol. The van der Waals surface area contributed by atoms with Crippen LogP contribution in [0.25, 0.3) is 10.4 Å². The molecule has 0 bridgehead atoms. The van der Waals surface area contributed by atoms with Crippen molar-refractivity contribution in [1.82, 2.24) is 0 Å². The van der Waals surface area contributed by atoms with Crippen molar-refractivity contribution in [3.05, 3.63) is 35.2 Å². The van der Waals surface area contributed by atoms with Crippen LogP contribution in [0, 0.1) is 0 Å². The van der Waals surface area contributed by atoms with Gasteiger partial charge in [0, 0.05) is 9.75 Å². The van der Waals surface area contributed by atoms with Crippen molar-refractivity contribution in [2.45, 2.75) is 12.8 Å². The molecule has 2 rings (SSSR count). The van der Waals surface area contributed by atoms with Gasteiger partial charge in [0.1, 0.15) is 0 Å². The van der Waals surface area contributed by atoms with Crippen molar-refractivity contribution in [3.8, 4) is 21.9 Å². The SMILES string of the molecule is COc1ccc(-c2ccc(C(C)C(=O)O)s2)cc1OC. The fourth-order valence-corrected chi connectivity index (χ4v) is 2.90. The van der Waals surface area contributed by atoms with Gasteiger partial charge in [0.15, 0.2) is 11.5 Å². The van der Waals surface area contributed by atoms with Crippen LogP contribution in [0.2, 0.25) is 0 Å². The average Bonchev–Trinajstić information content (AvgIpc) is 2.95. The standard InChI is InChI=1S/C15H16O4S/c1-9(15(16)17)13-6-7-14(20-13)10-4-5-11(18-2)12(8-10)19-3/h4-9H,1-3H3,(H,16,17). The van der Waals surface area contributed by atoms with E-state index in [1.807, 2.05) is 30.3 Å². The number of carboxylic acids is 1. The molecule has 1 aromatic carbocycles. The summed E-state index contributed by atoms with van der Waals surface area (Å²) in [5.41, 5.74) is 0.983. The molecule has 2 aromatic rings. The summed E-state index contributed by atoms with van der Waals surface area (Å²) in [5, 5.41) is 9.04. The number of aliphatic carboxylic acids is 1. The lowest BCUT2D eigenvalue weighted by Crippen LogP contribution is -2.04. The maximum Gasteiger partial charge on any atom is 0.311 e. The first-order valence-electron chi connectivity index (χ1n) is 6.11. The van der Waals surface area contributed by atoms with Crippen molar-refractivity contribution in [3.63, 3.8) is 0 Å². The van der Waals surface area contributed by atoms with Crippen LogP contribution in [-0.4, -0.2) is 25.3 Å². The molecule has 106 valence electrons. The molecule has 0 saturated carbocycles. The van der Waals surface area contributed by atoms with E-state index in [0.29, 0.717) is 11.5 Å². The molecule has 1 unspecified atom stereocenters. The molecule has 20 heavy (non-hydrogen) atoms. The normalized spacial score (nSPS) is 11.9. The molecule has 0 saturated heterocycles. The zero-order chi connectivity index (χ0) is 14.7. The Morgan fingerprint density at radius 3 is 2.45 bits per heavy atom. The van der Waals surface area contributed by atoms with Crippen LogP contribution in [0.5, 0.6) is 11.5 Å². The Hall–Kier alpha value is -2.01. The number of hydrogen-bond acceptors (Lipinski definition) is 4. The van der Waals surface area contributed by atoms with Gasteiger partial charge in [-0.25, -0.2) is 0 Å². The highest BCUT2D eigenvalue weighted by atomic mass is 32.1. The molecule has 0 radical (unpaired) electrons. The molecule has 0 amide bonds. The summed E-state index contributed by atoms with van der Waals surface area (Å²) in [6.07, 6.45) is 0. The largest absolute Gasteiger partial charge is 0.493 e. The van der Waals surface area contributed by atoms with Crippen molar-refractivity contribution in [2.24, 2.45) is 0 Å². The zero-order valence-electron chi connectivity index (χ0n) is 11.5. The molecule has 0 aliphatic carbocycles. The lowest BCUT2D eigenvalue weighted by molar-refractivity contribution is -0.138. The molecule has 1 heterocycles. The van der Waals surface area contributed by atoms with Crippen molar-refractivity contribution in [2.75, 3.05) is 14.2 Å². The van der Waals surface area contributed by atoms with E-state index in [1.165, 1.54) is 11.3 Å². The van der Waals surface area contributed by atoms with Crippen LogP contribution in [0.15, 0.2) is 30.3 Å². The predicted molar refractivity (Wildman–Crippen MR) is 78.9 cm³/mol. The number of rotatable bonds is 5. The molecule has 1 N–H and O–H groups in total. The third-order valence-electron chi connectivity index (χ3n) is 3.09. The van der Waals surface area contributed by atoms with E-state index in [4.69, 9.17) is 14.6 Å². The van der Waals surface area contributed by atoms with Crippen molar-refractivity contribution >= 4 is 17.3 Å². The van der Waals surface area contributed by atoms with Gasteiger partial charge >= 0.3 is 5.97 Å². The minimum atomic E-state index is -0.814. The molecule has 0 spiro atoms. The molecule has 1 aromatic heterocycles. The van der Waals surface area contributed by atoms with Crippen molar-refractivity contribution in [1.29, 1.82) is 0 Å². The summed E-state index contributed by atoms with van der Waals surface area (Å²) in [6.45, 7) is 1.69. The first kappa shape index (κ1) is 14.4. The Morgan fingerprint density at radius 1 is 1.15 bits per heavy atom. The fourth-order valence-electron chi connectivity index (χ4n) is 1.85. The van der Waals surface area contributed by atoms with E-state index in [1.54, 1.807) is 21.1 Å². The van der Waals surface area contributed by atoms with Crippen LogP contribution >= 0.6 is 11.3 Å². The van der Waals surface area contributed by atoms with Crippen LogP contribution in [0.3, 0.4) is 0 Å². The van der Waals surface area contributed by atoms with Gasteiger partial charge in [0.25, 0.3) is 0 Å². The third kappa shape index (κ3) is 2.77. The molecule has 0 aliphatic heterocycles. The van der Waals surface area contributed by atoms with Gasteiger partial charge in [0.2, 0.25) is 0 Å². The molecule has 0 fully saturated rings. The predicted octanol–water partition coefficient (Wildman–Crippen LogP) is 3.62. The summed E-state index contributed by atoms with van der Waals surface area (Å²) < 4.78 is 10.5. The first-order chi connectivity index (χ1) is 9.56. The number of benzene rings is 1. The van der Waals surface area contributed by atoms with Gasteiger partial charge in [-0.15, -0.1) is 11.3 Å². The molecule has 5 heteroatoms. The van der Waals surface area contributed by atoms with Crippen molar-refractivity contribution < 1.29 is 19.4 Å². The van der Waals surface area contributed by atoms with E-state index in [9.17, 15) is 4.79 Å². The van der Waals surface area contributed by atoms with Gasteiger partial charge in [-0.2, -0.15) is 0 Å². The second-order valence-corrected chi connectivity index (χ2v) is 5.45. The number of hydrogen-bond donors (Lipinski definition) is 1. The Balaban J connectivity index is 2.35. The second kappa shape index (κ2) is 5.96. The number of carbonyl (C=O) groups is 1. The maximum atomic E-state index is 11.0. The lowest BCUT2D eigenvalue weighted by Gasteiger charge is -2.08.